The summed E-state index contributed by atoms with van der Waals surface area (Å²) in [6, 6.07) is 4.76. The van der Waals surface area contributed by atoms with E-state index in [0.717, 1.165) is 4.90 Å². The summed E-state index contributed by atoms with van der Waals surface area (Å²) in [5.74, 6) is -1.21. The summed E-state index contributed by atoms with van der Waals surface area (Å²) in [6.07, 6.45) is 2.12. The first-order chi connectivity index (χ1) is 13.4. The molecule has 1 aromatic carbocycles. The van der Waals surface area contributed by atoms with Crippen LogP contribution in [0.1, 0.15) is 33.6 Å². The van der Waals surface area contributed by atoms with Crippen LogP contribution in [-0.4, -0.2) is 65.9 Å². The summed E-state index contributed by atoms with van der Waals surface area (Å²) >= 11 is 3.28. The van der Waals surface area contributed by atoms with E-state index in [1.54, 1.807) is 23.1 Å². The molecule has 2 heterocycles. The number of nitrogens with one attached hydrogen (secondary N) is 1. The molecular weight excluding hydrogens is 430 g/mol. The molecule has 1 aromatic rings. The van der Waals surface area contributed by atoms with Crippen LogP contribution in [0.25, 0.3) is 0 Å². The molecule has 9 heteroatoms. The molecule has 2 aliphatic rings. The van der Waals surface area contributed by atoms with Crippen LogP contribution in [-0.2, 0) is 9.53 Å². The van der Waals surface area contributed by atoms with Gasteiger partial charge in [-0.15, -0.1) is 0 Å². The third kappa shape index (κ3) is 4.24. The number of rotatable bonds is 5. The Hall–Kier alpha value is -2.68. The number of carbonyl (C=O) groups is 4. The van der Waals surface area contributed by atoms with E-state index in [4.69, 9.17) is 4.74 Å². The molecule has 0 aromatic heterocycles. The molecule has 3 rings (SSSR count). The predicted molar refractivity (Wildman–Crippen MR) is 104 cm³/mol. The van der Waals surface area contributed by atoms with Gasteiger partial charge in [0.1, 0.15) is 13.2 Å². The zero-order valence-electron chi connectivity index (χ0n) is 15.2. The number of hydrogen-bond donors (Lipinski definition) is 1. The SMILES string of the molecule is C=CCOC(=O)NC1CCN(C(=O)CN2C(=O)c3ccc(Br)cc3C2=O)CC1. The predicted octanol–water partition coefficient (Wildman–Crippen LogP) is 1.95. The number of halogens is 1. The van der Waals surface area contributed by atoms with Gasteiger partial charge in [0, 0.05) is 23.6 Å². The Morgan fingerprint density at radius 3 is 2.57 bits per heavy atom. The molecule has 0 unspecified atom stereocenters. The van der Waals surface area contributed by atoms with E-state index >= 15 is 0 Å². The largest absolute Gasteiger partial charge is 0.445 e. The fourth-order valence-electron chi connectivity index (χ4n) is 3.26. The van der Waals surface area contributed by atoms with Crippen molar-refractivity contribution in [3.63, 3.8) is 0 Å². The number of alkyl carbamates (subject to hydrolysis) is 1. The van der Waals surface area contributed by atoms with Crippen LogP contribution in [0.2, 0.25) is 0 Å². The van der Waals surface area contributed by atoms with Crippen molar-refractivity contribution in [2.75, 3.05) is 26.2 Å². The van der Waals surface area contributed by atoms with Gasteiger partial charge in [-0.25, -0.2) is 4.79 Å². The van der Waals surface area contributed by atoms with E-state index in [0.29, 0.717) is 41.5 Å². The molecule has 0 saturated carbocycles. The molecule has 0 atom stereocenters. The van der Waals surface area contributed by atoms with Gasteiger partial charge in [0.05, 0.1) is 11.1 Å². The third-order valence-corrected chi connectivity index (χ3v) is 5.22. The second kappa shape index (κ2) is 8.55. The van der Waals surface area contributed by atoms with Gasteiger partial charge in [-0.2, -0.15) is 0 Å². The topological polar surface area (TPSA) is 96.0 Å². The Morgan fingerprint density at radius 2 is 1.89 bits per heavy atom. The van der Waals surface area contributed by atoms with Crippen LogP contribution in [0.15, 0.2) is 35.3 Å². The van der Waals surface area contributed by atoms with Crippen molar-refractivity contribution < 1.29 is 23.9 Å². The molecule has 0 spiro atoms. The van der Waals surface area contributed by atoms with Crippen molar-refractivity contribution >= 4 is 39.7 Å². The van der Waals surface area contributed by atoms with Gasteiger partial charge >= 0.3 is 6.09 Å². The quantitative estimate of drug-likeness (QED) is 0.547. The average Bonchev–Trinajstić information content (AvgIpc) is 2.91. The number of piperidine rings is 1. The zero-order chi connectivity index (χ0) is 20.3. The molecule has 2 aliphatic heterocycles. The van der Waals surface area contributed by atoms with Crippen molar-refractivity contribution in [1.82, 2.24) is 15.1 Å². The summed E-state index contributed by atoms with van der Waals surface area (Å²) < 4.78 is 5.58. The number of carbonyl (C=O) groups excluding carboxylic acids is 4. The summed E-state index contributed by atoms with van der Waals surface area (Å²) in [6.45, 7) is 4.19. The summed E-state index contributed by atoms with van der Waals surface area (Å²) in [4.78, 5) is 51.7. The Bertz CT molecular complexity index is 833. The normalized spacial score (nSPS) is 16.8. The first kappa shape index (κ1) is 20.1. The number of fused-ring (bicyclic) bond motifs is 1. The molecule has 28 heavy (non-hydrogen) atoms. The fraction of sp³-hybridized carbons (Fsp3) is 0.368. The van der Waals surface area contributed by atoms with Crippen molar-refractivity contribution in [2.24, 2.45) is 0 Å². The van der Waals surface area contributed by atoms with Gasteiger partial charge in [0.2, 0.25) is 5.91 Å². The van der Waals surface area contributed by atoms with Crippen LogP contribution < -0.4 is 5.32 Å². The summed E-state index contributed by atoms with van der Waals surface area (Å²) in [7, 11) is 0. The zero-order valence-corrected chi connectivity index (χ0v) is 16.7. The van der Waals surface area contributed by atoms with E-state index in [1.807, 2.05) is 0 Å². The van der Waals surface area contributed by atoms with Gasteiger partial charge in [0.15, 0.2) is 0 Å². The Labute approximate surface area is 170 Å². The number of imide groups is 1. The smallest absolute Gasteiger partial charge is 0.407 e. The molecule has 148 valence electrons. The second-order valence-electron chi connectivity index (χ2n) is 6.57. The molecule has 0 aliphatic carbocycles. The molecule has 1 saturated heterocycles. The standard InChI is InChI=1S/C19H20BrN3O5/c1-2-9-28-19(27)21-13-5-7-22(8-6-13)16(24)11-23-17(25)14-4-3-12(20)10-15(14)18(23)26/h2-4,10,13H,1,5-9,11H2,(H,21,27). The van der Waals surface area contributed by atoms with E-state index < -0.39 is 17.9 Å². The van der Waals surface area contributed by atoms with Gasteiger partial charge < -0.3 is 15.0 Å². The lowest BCUT2D eigenvalue weighted by Crippen LogP contribution is -2.49. The minimum atomic E-state index is -0.512. The summed E-state index contributed by atoms with van der Waals surface area (Å²) in [5.41, 5.74) is 0.607. The van der Waals surface area contributed by atoms with Crippen LogP contribution >= 0.6 is 15.9 Å². The highest BCUT2D eigenvalue weighted by Gasteiger charge is 2.37. The average molecular weight is 450 g/mol. The van der Waals surface area contributed by atoms with E-state index in [2.05, 4.69) is 27.8 Å². The maximum Gasteiger partial charge on any atom is 0.407 e. The van der Waals surface area contributed by atoms with Gasteiger partial charge in [-0.05, 0) is 31.0 Å². The van der Waals surface area contributed by atoms with Crippen LogP contribution in [0, 0.1) is 0 Å². The Kier molecular flexibility index (Phi) is 6.13. The lowest BCUT2D eigenvalue weighted by Gasteiger charge is -2.32. The monoisotopic (exact) mass is 449 g/mol. The number of hydrogen-bond acceptors (Lipinski definition) is 5. The molecule has 1 fully saturated rings. The molecular formula is C19H20BrN3O5. The first-order valence-electron chi connectivity index (χ1n) is 8.88. The lowest BCUT2D eigenvalue weighted by atomic mass is 10.1. The van der Waals surface area contributed by atoms with Crippen molar-refractivity contribution in [3.8, 4) is 0 Å². The maximum atomic E-state index is 12.6. The molecule has 0 radical (unpaired) electrons. The van der Waals surface area contributed by atoms with E-state index in [-0.39, 0.29) is 25.1 Å². The second-order valence-corrected chi connectivity index (χ2v) is 7.49. The molecule has 1 N–H and O–H groups in total. The van der Waals surface area contributed by atoms with Gasteiger partial charge in [0.25, 0.3) is 11.8 Å². The fourth-order valence-corrected chi connectivity index (χ4v) is 3.62. The van der Waals surface area contributed by atoms with Crippen molar-refractivity contribution in [1.29, 1.82) is 0 Å². The lowest BCUT2D eigenvalue weighted by molar-refractivity contribution is -0.132. The van der Waals surface area contributed by atoms with Crippen LogP contribution in [0.5, 0.6) is 0 Å². The highest BCUT2D eigenvalue weighted by Crippen LogP contribution is 2.26. The molecule has 4 amide bonds. The number of nitrogens with zero attached hydrogens (tertiary/aromatic N) is 2. The Morgan fingerprint density at radius 1 is 1.21 bits per heavy atom. The van der Waals surface area contributed by atoms with Gasteiger partial charge in [-0.3, -0.25) is 19.3 Å². The highest BCUT2D eigenvalue weighted by atomic mass is 79.9. The van der Waals surface area contributed by atoms with E-state index in [1.165, 1.54) is 6.08 Å². The highest BCUT2D eigenvalue weighted by molar-refractivity contribution is 9.10. The van der Waals surface area contributed by atoms with Crippen molar-refractivity contribution in [2.45, 2.75) is 18.9 Å². The summed E-state index contributed by atoms with van der Waals surface area (Å²) in [5, 5.41) is 2.75. The minimum absolute atomic E-state index is 0.0852. The van der Waals surface area contributed by atoms with Crippen molar-refractivity contribution in [3.05, 3.63) is 46.5 Å². The minimum Gasteiger partial charge on any atom is -0.445 e. The van der Waals surface area contributed by atoms with Crippen LogP contribution in [0.4, 0.5) is 4.79 Å². The number of benzene rings is 1. The molecule has 0 bridgehead atoms. The first-order valence-corrected chi connectivity index (χ1v) is 9.67. The van der Waals surface area contributed by atoms with E-state index in [9.17, 15) is 19.2 Å². The molecule has 8 nitrogen and oxygen atoms in total. The van der Waals surface area contributed by atoms with Crippen LogP contribution in [0.3, 0.4) is 0 Å². The maximum absolute atomic E-state index is 12.6. The third-order valence-electron chi connectivity index (χ3n) is 4.73. The number of amides is 4. The number of ether oxygens (including phenoxy) is 1. The van der Waals surface area contributed by atoms with Gasteiger partial charge in [-0.1, -0.05) is 28.6 Å². The Balaban J connectivity index is 1.53. The number of likely N-dealkylation sites (tertiary alicyclic amines) is 1.